The van der Waals surface area contributed by atoms with E-state index in [-0.39, 0.29) is 16.3 Å². The summed E-state index contributed by atoms with van der Waals surface area (Å²) in [6.45, 7) is 5.10. The van der Waals surface area contributed by atoms with Crippen molar-refractivity contribution in [2.45, 2.75) is 26.4 Å². The second-order valence-electron chi connectivity index (χ2n) is 5.05. The largest absolute Gasteiger partial charge is 0.444 e. The molecule has 0 atom stereocenters. The number of carbonyl (C=O) groups excluding carboxylic acids is 2. The van der Waals surface area contributed by atoms with Crippen LogP contribution in [0.5, 0.6) is 0 Å². The number of rotatable bonds is 1. The molecule has 1 aliphatic heterocycles. The number of carbonyl (C=O) groups is 2. The van der Waals surface area contributed by atoms with Gasteiger partial charge in [0.25, 0.3) is 5.91 Å². The SMILES string of the molecule is CC(C)(C)OC(=O)NC1=c2cccc(F)c2=NC1=O. The van der Waals surface area contributed by atoms with E-state index >= 15 is 0 Å². The Morgan fingerprint density at radius 1 is 1.37 bits per heavy atom. The molecule has 0 saturated carbocycles. The molecular weight excluding hydrogens is 251 g/mol. The number of halogens is 1. The van der Waals surface area contributed by atoms with E-state index in [9.17, 15) is 14.0 Å². The molecule has 1 aromatic rings. The highest BCUT2D eigenvalue weighted by Gasteiger charge is 2.23. The van der Waals surface area contributed by atoms with Crippen LogP contribution in [0.4, 0.5) is 9.18 Å². The van der Waals surface area contributed by atoms with Gasteiger partial charge in [-0.25, -0.2) is 14.2 Å². The topological polar surface area (TPSA) is 67.8 Å². The van der Waals surface area contributed by atoms with Crippen LogP contribution in [0.15, 0.2) is 23.2 Å². The van der Waals surface area contributed by atoms with E-state index in [2.05, 4.69) is 10.3 Å². The highest BCUT2D eigenvalue weighted by Crippen LogP contribution is 2.08. The van der Waals surface area contributed by atoms with Crippen molar-refractivity contribution >= 4 is 17.7 Å². The van der Waals surface area contributed by atoms with Crippen molar-refractivity contribution < 1.29 is 18.7 Å². The number of para-hydroxylation sites is 1. The molecule has 0 unspecified atom stereocenters. The van der Waals surface area contributed by atoms with E-state index < -0.39 is 23.4 Å². The molecule has 6 heteroatoms. The van der Waals surface area contributed by atoms with Gasteiger partial charge in [-0.05, 0) is 26.8 Å². The molecule has 1 aromatic carbocycles. The summed E-state index contributed by atoms with van der Waals surface area (Å²) < 4.78 is 18.5. The molecule has 2 rings (SSSR count). The number of fused-ring (bicyclic) bond motifs is 1. The molecule has 5 nitrogen and oxygen atoms in total. The van der Waals surface area contributed by atoms with Gasteiger partial charge >= 0.3 is 6.09 Å². The van der Waals surface area contributed by atoms with Crippen molar-refractivity contribution in [1.82, 2.24) is 5.32 Å². The maximum Gasteiger partial charge on any atom is 0.412 e. The van der Waals surface area contributed by atoms with Crippen LogP contribution >= 0.6 is 0 Å². The minimum Gasteiger partial charge on any atom is -0.444 e. The molecule has 0 spiro atoms. The Morgan fingerprint density at radius 3 is 2.68 bits per heavy atom. The number of nitrogens with zero attached hydrogens (tertiary/aromatic N) is 1. The van der Waals surface area contributed by atoms with Gasteiger partial charge < -0.3 is 4.74 Å². The molecule has 0 aliphatic carbocycles. The summed E-state index contributed by atoms with van der Waals surface area (Å²) in [7, 11) is 0. The van der Waals surface area contributed by atoms with Gasteiger partial charge in [-0.3, -0.25) is 10.1 Å². The van der Waals surface area contributed by atoms with Gasteiger partial charge in [-0.1, -0.05) is 12.1 Å². The van der Waals surface area contributed by atoms with Crippen LogP contribution < -0.4 is 15.9 Å². The number of amides is 2. The van der Waals surface area contributed by atoms with E-state index in [1.165, 1.54) is 18.2 Å². The van der Waals surface area contributed by atoms with Crippen LogP contribution in [0.3, 0.4) is 0 Å². The Balaban J connectivity index is 2.36. The van der Waals surface area contributed by atoms with E-state index in [0.717, 1.165) is 0 Å². The highest BCUT2D eigenvalue weighted by atomic mass is 19.1. The van der Waals surface area contributed by atoms with Crippen LogP contribution in [0.1, 0.15) is 20.8 Å². The van der Waals surface area contributed by atoms with Gasteiger partial charge in [0.15, 0.2) is 0 Å². The zero-order valence-corrected chi connectivity index (χ0v) is 10.8. The molecule has 1 N–H and O–H groups in total. The predicted octanol–water partition coefficient (Wildman–Crippen LogP) is 0.618. The third-order valence-electron chi connectivity index (χ3n) is 2.31. The lowest BCUT2D eigenvalue weighted by Gasteiger charge is -2.19. The lowest BCUT2D eigenvalue weighted by Crippen LogP contribution is -2.36. The summed E-state index contributed by atoms with van der Waals surface area (Å²) in [6, 6.07) is 4.16. The molecule has 0 fully saturated rings. The smallest absolute Gasteiger partial charge is 0.412 e. The first-order valence-electron chi connectivity index (χ1n) is 5.70. The van der Waals surface area contributed by atoms with E-state index in [0.29, 0.717) is 0 Å². The molecule has 1 aliphatic rings. The average molecular weight is 264 g/mol. The normalized spacial score (nSPS) is 13.9. The zero-order chi connectivity index (χ0) is 14.2. The number of ether oxygens (including phenoxy) is 1. The fraction of sp³-hybridized carbons (Fsp3) is 0.308. The third-order valence-corrected chi connectivity index (χ3v) is 2.31. The van der Waals surface area contributed by atoms with Gasteiger partial charge in [0, 0.05) is 5.22 Å². The maximum atomic E-state index is 13.4. The Kier molecular flexibility index (Phi) is 3.09. The summed E-state index contributed by atoms with van der Waals surface area (Å²) in [6.07, 6.45) is -0.775. The minimum atomic E-state index is -0.775. The lowest BCUT2D eigenvalue weighted by atomic mass is 10.2. The number of hydrogen-bond donors (Lipinski definition) is 1. The molecule has 0 saturated heterocycles. The Hall–Kier alpha value is -2.24. The average Bonchev–Trinajstić information content (AvgIpc) is 2.55. The third kappa shape index (κ3) is 2.78. The van der Waals surface area contributed by atoms with Gasteiger partial charge in [-0.15, -0.1) is 0 Å². The second kappa shape index (κ2) is 4.46. The standard InChI is InChI=1S/C13H13FN2O3/c1-13(2,3)19-12(18)16-10-7-5-4-6-8(14)9(7)15-11(10)17/h4-6H,1-3H3,(H,15,16,17,18). The van der Waals surface area contributed by atoms with E-state index in [1.54, 1.807) is 20.8 Å². The van der Waals surface area contributed by atoms with Crippen molar-refractivity contribution in [3.8, 4) is 0 Å². The van der Waals surface area contributed by atoms with Crippen LogP contribution in [0.2, 0.25) is 0 Å². The van der Waals surface area contributed by atoms with Crippen LogP contribution in [0, 0.1) is 5.82 Å². The monoisotopic (exact) mass is 264 g/mol. The lowest BCUT2D eigenvalue weighted by molar-refractivity contribution is -0.113. The van der Waals surface area contributed by atoms with Crippen molar-refractivity contribution in [2.75, 3.05) is 0 Å². The second-order valence-corrected chi connectivity index (χ2v) is 5.05. The van der Waals surface area contributed by atoms with Crippen LogP contribution in [-0.2, 0) is 9.53 Å². The molecule has 2 amide bonds. The quantitative estimate of drug-likeness (QED) is 0.808. The first kappa shape index (κ1) is 13.2. The minimum absolute atomic E-state index is 0.0569. The maximum absolute atomic E-state index is 13.4. The molecule has 19 heavy (non-hydrogen) atoms. The fourth-order valence-corrected chi connectivity index (χ4v) is 1.63. The molecular formula is C13H13FN2O3. The molecule has 0 aromatic heterocycles. The van der Waals surface area contributed by atoms with Crippen molar-refractivity contribution in [3.05, 3.63) is 34.6 Å². The van der Waals surface area contributed by atoms with Crippen molar-refractivity contribution in [2.24, 2.45) is 4.99 Å². The number of nitrogens with one attached hydrogen (secondary N) is 1. The molecule has 0 radical (unpaired) electrons. The summed E-state index contributed by atoms with van der Waals surface area (Å²) in [5.41, 5.74) is -0.752. The Labute approximate surface area is 108 Å². The van der Waals surface area contributed by atoms with Gasteiger partial charge in [0.05, 0.1) is 0 Å². The summed E-state index contributed by atoms with van der Waals surface area (Å²) in [5, 5.41) is 2.52. The first-order valence-corrected chi connectivity index (χ1v) is 5.70. The number of alkyl carbamates (subject to hydrolysis) is 1. The number of benzene rings is 1. The van der Waals surface area contributed by atoms with Crippen molar-refractivity contribution in [1.29, 1.82) is 0 Å². The van der Waals surface area contributed by atoms with Crippen molar-refractivity contribution in [3.63, 3.8) is 0 Å². The highest BCUT2D eigenvalue weighted by molar-refractivity contribution is 6.17. The zero-order valence-electron chi connectivity index (χ0n) is 10.8. The van der Waals surface area contributed by atoms with Crippen LogP contribution in [0.25, 0.3) is 5.70 Å². The Bertz CT molecular complexity index is 674. The van der Waals surface area contributed by atoms with Gasteiger partial charge in [0.1, 0.15) is 22.5 Å². The summed E-state index contributed by atoms with van der Waals surface area (Å²) in [5.74, 6) is -1.29. The van der Waals surface area contributed by atoms with E-state index in [4.69, 9.17) is 4.74 Å². The van der Waals surface area contributed by atoms with Crippen LogP contribution in [-0.4, -0.2) is 17.6 Å². The summed E-state index contributed by atoms with van der Waals surface area (Å²) in [4.78, 5) is 26.8. The fourth-order valence-electron chi connectivity index (χ4n) is 1.63. The number of hydrogen-bond acceptors (Lipinski definition) is 3. The molecule has 100 valence electrons. The predicted molar refractivity (Wildman–Crippen MR) is 65.0 cm³/mol. The Morgan fingerprint density at radius 2 is 2.05 bits per heavy atom. The first-order chi connectivity index (χ1) is 8.78. The molecule has 0 bridgehead atoms. The molecule has 1 heterocycles. The summed E-state index contributed by atoms with van der Waals surface area (Å²) >= 11 is 0. The van der Waals surface area contributed by atoms with E-state index in [1.807, 2.05) is 0 Å². The van der Waals surface area contributed by atoms with Gasteiger partial charge in [0.2, 0.25) is 0 Å². The van der Waals surface area contributed by atoms with Gasteiger partial charge in [-0.2, -0.15) is 0 Å².